The summed E-state index contributed by atoms with van der Waals surface area (Å²) in [5.74, 6) is -2.39. The van der Waals surface area contributed by atoms with Crippen LogP contribution in [0.3, 0.4) is 0 Å². The molecule has 0 radical (unpaired) electrons. The van der Waals surface area contributed by atoms with Gasteiger partial charge in [-0.15, -0.1) is 11.8 Å². The van der Waals surface area contributed by atoms with Gasteiger partial charge in [0.05, 0.1) is 31.7 Å². The number of carbonyl (C=O) groups is 3. The zero-order valence-corrected chi connectivity index (χ0v) is 26.0. The second-order valence-electron chi connectivity index (χ2n) is 10.7. The summed E-state index contributed by atoms with van der Waals surface area (Å²) in [6.07, 6.45) is 5.01. The molecule has 2 saturated heterocycles. The monoisotopic (exact) mass is 679 g/mol. The first-order valence-electron chi connectivity index (χ1n) is 13.5. The number of aliphatic hydroxyl groups excluding tert-OH is 1. The molecule has 19 heteroatoms. The smallest absolute Gasteiger partial charge is 0.485 e. The lowest BCUT2D eigenvalue weighted by Crippen LogP contribution is -2.63. The molecular weight excluding hydrogens is 647 g/mol. The number of hydrogen-bond donors (Lipinski definition) is 2. The fourth-order valence-corrected chi connectivity index (χ4v) is 7.19. The van der Waals surface area contributed by atoms with Crippen LogP contribution in [0.15, 0.2) is 35.8 Å². The van der Waals surface area contributed by atoms with Gasteiger partial charge in [0.1, 0.15) is 24.6 Å². The number of likely N-dealkylation sites (tertiary alicyclic amines) is 1. The molecule has 248 valence electrons. The normalized spacial score (nSPS) is 25.1. The quantitative estimate of drug-likeness (QED) is 0.125. The van der Waals surface area contributed by atoms with Crippen molar-refractivity contribution in [3.05, 3.63) is 41.5 Å². The average Bonchev–Trinajstić information content (AvgIpc) is 3.57. The molecule has 2 fully saturated rings. The molecule has 45 heavy (non-hydrogen) atoms. The summed E-state index contributed by atoms with van der Waals surface area (Å²) in [6.45, 7) is 8.07. The minimum absolute atomic E-state index is 0.0162. The number of thioether (sulfide) groups is 1. The zero-order chi connectivity index (χ0) is 34.0. The Labute approximate surface area is 261 Å². The van der Waals surface area contributed by atoms with Crippen molar-refractivity contribution < 1.29 is 60.0 Å². The molecule has 6 atom stereocenters. The predicted molar refractivity (Wildman–Crippen MR) is 148 cm³/mol. The van der Waals surface area contributed by atoms with Crippen LogP contribution in [0.1, 0.15) is 32.4 Å². The highest BCUT2D eigenvalue weighted by Gasteiger charge is 2.60. The standard InChI is InChI=1S/C25H31N5O6S.CHF3O3S/c1-5-8-36-25(35)29-12-18(9-16(29)6-7-28-11-17(10-26)27(4)13-28)37-22-14(2)20-19(15(3)31)23(32)30(20)21(22)24(33)34;2-1(3,4)8(5,6)7/h5,11,13-16,18-20,31H,1,6-9,12H2,2-4H3;(H,5,6,7)/t14-,15-,16-,18+,19-,20-;/m1./s1. The van der Waals surface area contributed by atoms with Crippen molar-refractivity contribution in [2.24, 2.45) is 18.9 Å². The van der Waals surface area contributed by atoms with Crippen LogP contribution in [0, 0.1) is 23.2 Å². The Balaban J connectivity index is 0.000000610. The van der Waals surface area contributed by atoms with Gasteiger partial charge in [0.25, 0.3) is 0 Å². The number of β-lactam (4-membered cyclic amide) rings is 1. The van der Waals surface area contributed by atoms with Crippen molar-refractivity contribution >= 4 is 39.8 Å². The van der Waals surface area contributed by atoms with E-state index in [4.69, 9.17) is 17.7 Å². The van der Waals surface area contributed by atoms with Gasteiger partial charge < -0.3 is 29.3 Å². The molecule has 4 rings (SSSR count). The third-order valence-electron chi connectivity index (χ3n) is 7.65. The number of fused-ring (bicyclic) bond motifs is 1. The number of imidazole rings is 1. The Hall–Kier alpha value is -3.60. The number of halogens is 3. The van der Waals surface area contributed by atoms with E-state index in [9.17, 15) is 43.0 Å². The second kappa shape index (κ2) is 13.8. The number of amides is 2. The van der Waals surface area contributed by atoms with Crippen LogP contribution in [0.4, 0.5) is 18.0 Å². The fourth-order valence-electron chi connectivity index (χ4n) is 5.62. The van der Waals surface area contributed by atoms with Crippen LogP contribution >= 0.6 is 11.8 Å². The maximum atomic E-state index is 12.8. The van der Waals surface area contributed by atoms with Crippen LogP contribution in [0.2, 0.25) is 0 Å². The Bertz CT molecular complexity index is 1520. The summed E-state index contributed by atoms with van der Waals surface area (Å²) >= 11 is 1.40. The molecule has 0 unspecified atom stereocenters. The summed E-state index contributed by atoms with van der Waals surface area (Å²) in [7, 11) is -4.30. The average molecular weight is 680 g/mol. The molecule has 3 aliphatic rings. The Morgan fingerprint density at radius 2 is 2.02 bits per heavy atom. The lowest BCUT2D eigenvalue weighted by molar-refractivity contribution is -0.697. The maximum absolute atomic E-state index is 12.8. The summed E-state index contributed by atoms with van der Waals surface area (Å²) < 4.78 is 67.9. The van der Waals surface area contributed by atoms with E-state index in [0.717, 1.165) is 0 Å². The van der Waals surface area contributed by atoms with Crippen LogP contribution in [0.5, 0.6) is 0 Å². The van der Waals surface area contributed by atoms with Gasteiger partial charge in [-0.3, -0.25) is 4.79 Å². The molecule has 0 spiro atoms. The molecule has 4 heterocycles. The summed E-state index contributed by atoms with van der Waals surface area (Å²) in [4.78, 5) is 41.2. The minimum atomic E-state index is -6.09. The number of alkyl halides is 3. The van der Waals surface area contributed by atoms with Gasteiger partial charge in [0, 0.05) is 35.1 Å². The molecule has 2 amide bonds. The van der Waals surface area contributed by atoms with Crippen molar-refractivity contribution in [2.45, 2.75) is 62.2 Å². The number of nitrogens with zero attached hydrogens (tertiary/aromatic N) is 5. The lowest BCUT2D eigenvalue weighted by Gasteiger charge is -2.46. The van der Waals surface area contributed by atoms with E-state index in [1.54, 1.807) is 29.6 Å². The van der Waals surface area contributed by atoms with Gasteiger partial charge in [0.2, 0.25) is 17.9 Å². The number of aliphatic carboxylic acids is 1. The molecule has 0 aliphatic carbocycles. The van der Waals surface area contributed by atoms with Gasteiger partial charge in [-0.05, 0) is 13.3 Å². The molecule has 1 aromatic heterocycles. The Kier molecular flexibility index (Phi) is 11.0. The van der Waals surface area contributed by atoms with E-state index in [-0.39, 0.29) is 41.5 Å². The molecule has 14 nitrogen and oxygen atoms in total. The SMILES string of the molecule is C=CCOC(=O)N1C[C@@H](SC2=C(C(=O)O)N3C(=O)[C@H]([C@@H](C)O)[C@H]3[C@H]2C)C[C@H]1CC[n+]1cc(C#N)n(C)c1.O=S(=O)([O-])C(F)(F)F. The highest BCUT2D eigenvalue weighted by atomic mass is 32.2. The van der Waals surface area contributed by atoms with E-state index in [1.165, 1.54) is 22.7 Å². The number of hydrogen-bond acceptors (Lipinski definition) is 10. The first-order valence-corrected chi connectivity index (χ1v) is 15.8. The van der Waals surface area contributed by atoms with Gasteiger partial charge in [0.15, 0.2) is 10.1 Å². The van der Waals surface area contributed by atoms with Gasteiger partial charge in [-0.25, -0.2) is 27.1 Å². The van der Waals surface area contributed by atoms with Crippen LogP contribution in [0.25, 0.3) is 0 Å². The fraction of sp³-hybridized carbons (Fsp3) is 0.577. The molecule has 0 bridgehead atoms. The van der Waals surface area contributed by atoms with Gasteiger partial charge in [-0.2, -0.15) is 18.4 Å². The zero-order valence-electron chi connectivity index (χ0n) is 24.4. The highest BCUT2D eigenvalue weighted by Crippen LogP contribution is 2.52. The summed E-state index contributed by atoms with van der Waals surface area (Å²) in [5, 5.41) is 29.1. The van der Waals surface area contributed by atoms with Crippen molar-refractivity contribution in [3.8, 4) is 6.07 Å². The molecule has 0 saturated carbocycles. The molecule has 3 aliphatic heterocycles. The molecule has 0 aromatic carbocycles. The van der Waals surface area contributed by atoms with E-state index < -0.39 is 39.7 Å². The van der Waals surface area contributed by atoms with E-state index in [0.29, 0.717) is 36.5 Å². The predicted octanol–water partition coefficient (Wildman–Crippen LogP) is 1.28. The van der Waals surface area contributed by atoms with Crippen LogP contribution < -0.4 is 4.57 Å². The van der Waals surface area contributed by atoms with Gasteiger partial charge >= 0.3 is 17.6 Å². The number of carboxylic acids is 1. The van der Waals surface area contributed by atoms with Gasteiger partial charge in [-0.1, -0.05) is 19.6 Å². The number of rotatable bonds is 9. The summed E-state index contributed by atoms with van der Waals surface area (Å²) in [5.41, 5.74) is -5.13. The number of ether oxygens (including phenoxy) is 1. The maximum Gasteiger partial charge on any atom is 0.485 e. The number of carbonyl (C=O) groups excluding carboxylic acids is 2. The van der Waals surface area contributed by atoms with Crippen LogP contribution in [-0.4, -0.2) is 97.6 Å². The third kappa shape index (κ3) is 7.62. The molecule has 1 aromatic rings. The summed E-state index contributed by atoms with van der Waals surface area (Å²) in [6, 6.07) is 1.60. The number of nitriles is 1. The number of carboxylic acid groups (broad SMARTS) is 1. The van der Waals surface area contributed by atoms with E-state index in [2.05, 4.69) is 12.6 Å². The topological polar surface area (TPSA) is 197 Å². The van der Waals surface area contributed by atoms with Crippen LogP contribution in [-0.2, 0) is 38.0 Å². The van der Waals surface area contributed by atoms with Crippen molar-refractivity contribution in [2.75, 3.05) is 13.2 Å². The number of aromatic nitrogens is 2. The largest absolute Gasteiger partial charge is 0.741 e. The van der Waals surface area contributed by atoms with E-state index >= 15 is 0 Å². The number of aliphatic hydroxyl groups is 1. The van der Waals surface area contributed by atoms with Crippen molar-refractivity contribution in [1.29, 1.82) is 5.26 Å². The van der Waals surface area contributed by atoms with Crippen molar-refractivity contribution in [1.82, 2.24) is 14.4 Å². The molecular formula is C26H32F3N5O9S2. The lowest BCUT2D eigenvalue weighted by atomic mass is 9.79. The highest BCUT2D eigenvalue weighted by molar-refractivity contribution is 8.03. The first kappa shape index (κ1) is 35.9. The molecule has 2 N–H and O–H groups in total. The number of aryl methyl sites for hydroxylation is 2. The van der Waals surface area contributed by atoms with Crippen molar-refractivity contribution in [3.63, 3.8) is 0 Å². The third-order valence-corrected chi connectivity index (χ3v) is 9.71. The Morgan fingerprint density at radius 1 is 1.40 bits per heavy atom. The first-order chi connectivity index (χ1) is 20.8. The minimum Gasteiger partial charge on any atom is -0.741 e. The van der Waals surface area contributed by atoms with E-state index in [1.807, 2.05) is 17.8 Å². The second-order valence-corrected chi connectivity index (χ2v) is 13.4. The Morgan fingerprint density at radius 3 is 2.51 bits per heavy atom.